The lowest BCUT2D eigenvalue weighted by Gasteiger charge is -2.14. The van der Waals surface area contributed by atoms with Crippen LogP contribution in [0.15, 0.2) is 42.5 Å². The lowest BCUT2D eigenvalue weighted by Crippen LogP contribution is -2.22. The van der Waals surface area contributed by atoms with Crippen molar-refractivity contribution in [3.8, 4) is 11.5 Å². The third-order valence-electron chi connectivity index (χ3n) is 4.19. The Bertz CT molecular complexity index is 924. The van der Waals surface area contributed by atoms with Gasteiger partial charge >= 0.3 is 0 Å². The van der Waals surface area contributed by atoms with E-state index in [-0.39, 0.29) is 24.0 Å². The number of ether oxygens (including phenoxy) is 2. The Morgan fingerprint density at radius 2 is 1.89 bits per heavy atom. The summed E-state index contributed by atoms with van der Waals surface area (Å²) in [5.41, 5.74) is 2.28. The van der Waals surface area contributed by atoms with Gasteiger partial charge in [0.25, 0.3) is 5.69 Å². The summed E-state index contributed by atoms with van der Waals surface area (Å²) in [4.78, 5) is 25.0. The van der Waals surface area contributed by atoms with Gasteiger partial charge in [0, 0.05) is 19.2 Å². The van der Waals surface area contributed by atoms with E-state index in [4.69, 9.17) is 9.47 Å². The van der Waals surface area contributed by atoms with Crippen molar-refractivity contribution in [1.29, 1.82) is 0 Å². The van der Waals surface area contributed by atoms with E-state index in [1.54, 1.807) is 0 Å². The number of rotatable bonds is 7. The maximum absolute atomic E-state index is 12.2. The Balaban J connectivity index is 1.69. The fourth-order valence-corrected chi connectivity index (χ4v) is 2.87. The van der Waals surface area contributed by atoms with Crippen LogP contribution in [0.4, 0.5) is 5.69 Å². The van der Waals surface area contributed by atoms with E-state index in [0.717, 1.165) is 17.7 Å². The number of hydrogen-bond donors (Lipinski definition) is 1. The van der Waals surface area contributed by atoms with Crippen LogP contribution in [0.5, 0.6) is 11.5 Å². The van der Waals surface area contributed by atoms with Crippen molar-refractivity contribution in [1.82, 2.24) is 10.2 Å². The SMILES string of the molecule is CN(C)Cc1ccccc1CNC(=O)/C=C/c1cc2c(cc1[N+](=O)[O-])OCO2. The van der Waals surface area contributed by atoms with Crippen molar-refractivity contribution in [2.24, 2.45) is 0 Å². The first kappa shape index (κ1) is 19.4. The van der Waals surface area contributed by atoms with E-state index >= 15 is 0 Å². The van der Waals surface area contributed by atoms with E-state index in [0.29, 0.717) is 18.0 Å². The number of nitrogens with zero attached hydrogens (tertiary/aromatic N) is 2. The Morgan fingerprint density at radius 1 is 1.21 bits per heavy atom. The summed E-state index contributed by atoms with van der Waals surface area (Å²) in [6.07, 6.45) is 2.68. The van der Waals surface area contributed by atoms with Gasteiger partial charge in [-0.05, 0) is 37.4 Å². The first-order valence-corrected chi connectivity index (χ1v) is 8.69. The minimum Gasteiger partial charge on any atom is -0.454 e. The second kappa shape index (κ2) is 8.53. The molecule has 8 heteroatoms. The second-order valence-electron chi connectivity index (χ2n) is 6.58. The molecule has 146 valence electrons. The number of nitrogens with one attached hydrogen (secondary N) is 1. The molecule has 2 aromatic rings. The molecule has 0 fully saturated rings. The van der Waals surface area contributed by atoms with Crippen molar-refractivity contribution < 1.29 is 19.2 Å². The predicted octanol–water partition coefficient (Wildman–Crippen LogP) is 2.71. The average molecular weight is 383 g/mol. The minimum atomic E-state index is -0.517. The third-order valence-corrected chi connectivity index (χ3v) is 4.19. The molecule has 0 atom stereocenters. The first-order chi connectivity index (χ1) is 13.4. The predicted molar refractivity (Wildman–Crippen MR) is 104 cm³/mol. The van der Waals surface area contributed by atoms with Gasteiger partial charge in [0.1, 0.15) is 0 Å². The zero-order valence-corrected chi connectivity index (χ0v) is 15.7. The molecule has 0 bridgehead atoms. The Kier molecular flexibility index (Phi) is 5.90. The van der Waals surface area contributed by atoms with Crippen LogP contribution in [-0.2, 0) is 17.9 Å². The topological polar surface area (TPSA) is 93.9 Å². The molecule has 0 unspecified atom stereocenters. The fraction of sp³-hybridized carbons (Fsp3) is 0.250. The zero-order valence-electron chi connectivity index (χ0n) is 15.7. The average Bonchev–Trinajstić information content (AvgIpc) is 3.11. The minimum absolute atomic E-state index is 0.0203. The lowest BCUT2D eigenvalue weighted by atomic mass is 10.1. The summed E-state index contributed by atoms with van der Waals surface area (Å²) in [5.74, 6) is 0.403. The largest absolute Gasteiger partial charge is 0.454 e. The van der Waals surface area contributed by atoms with Crippen LogP contribution in [-0.4, -0.2) is 36.6 Å². The molecule has 1 aliphatic rings. The molecule has 0 aliphatic carbocycles. The smallest absolute Gasteiger partial charge is 0.280 e. The van der Waals surface area contributed by atoms with Crippen LogP contribution in [0, 0.1) is 10.1 Å². The van der Waals surface area contributed by atoms with Crippen LogP contribution in [0.3, 0.4) is 0 Å². The van der Waals surface area contributed by atoms with Gasteiger partial charge in [-0.2, -0.15) is 0 Å². The Morgan fingerprint density at radius 3 is 2.57 bits per heavy atom. The molecule has 0 spiro atoms. The van der Waals surface area contributed by atoms with Crippen LogP contribution < -0.4 is 14.8 Å². The molecule has 1 N–H and O–H groups in total. The maximum Gasteiger partial charge on any atom is 0.280 e. The zero-order chi connectivity index (χ0) is 20.1. The van der Waals surface area contributed by atoms with E-state index in [1.807, 2.05) is 38.4 Å². The highest BCUT2D eigenvalue weighted by molar-refractivity contribution is 5.92. The molecule has 0 radical (unpaired) electrons. The van der Waals surface area contributed by atoms with Crippen molar-refractivity contribution in [2.45, 2.75) is 13.1 Å². The molecule has 8 nitrogen and oxygen atoms in total. The van der Waals surface area contributed by atoms with Gasteiger partial charge in [-0.25, -0.2) is 0 Å². The summed E-state index contributed by atoms with van der Waals surface area (Å²) >= 11 is 0. The van der Waals surface area contributed by atoms with Crippen molar-refractivity contribution >= 4 is 17.7 Å². The fourth-order valence-electron chi connectivity index (χ4n) is 2.87. The Labute approximate surface area is 162 Å². The van der Waals surface area contributed by atoms with Gasteiger partial charge < -0.3 is 19.7 Å². The highest BCUT2D eigenvalue weighted by Crippen LogP contribution is 2.38. The first-order valence-electron chi connectivity index (χ1n) is 8.69. The molecular weight excluding hydrogens is 362 g/mol. The number of nitro groups is 1. The van der Waals surface area contributed by atoms with Gasteiger partial charge in [0.15, 0.2) is 11.5 Å². The summed E-state index contributed by atoms with van der Waals surface area (Å²) in [6.45, 7) is 1.16. The van der Waals surface area contributed by atoms with Crippen LogP contribution >= 0.6 is 0 Å². The van der Waals surface area contributed by atoms with Gasteiger partial charge in [-0.1, -0.05) is 24.3 Å². The quantitative estimate of drug-likeness (QED) is 0.449. The maximum atomic E-state index is 12.2. The van der Waals surface area contributed by atoms with E-state index in [1.165, 1.54) is 24.3 Å². The van der Waals surface area contributed by atoms with Crippen LogP contribution in [0.25, 0.3) is 6.08 Å². The Hall–Kier alpha value is -3.39. The highest BCUT2D eigenvalue weighted by atomic mass is 16.7. The van der Waals surface area contributed by atoms with Gasteiger partial charge in [-0.3, -0.25) is 14.9 Å². The molecule has 1 aliphatic heterocycles. The second-order valence-corrected chi connectivity index (χ2v) is 6.58. The summed E-state index contributed by atoms with van der Waals surface area (Å²) in [5, 5.41) is 14.1. The van der Waals surface area contributed by atoms with E-state index < -0.39 is 4.92 Å². The number of fused-ring (bicyclic) bond motifs is 1. The van der Waals surface area contributed by atoms with Crippen LogP contribution in [0.2, 0.25) is 0 Å². The van der Waals surface area contributed by atoms with Crippen molar-refractivity contribution in [3.63, 3.8) is 0 Å². The number of hydrogen-bond acceptors (Lipinski definition) is 6. The molecule has 0 aromatic heterocycles. The normalized spacial score (nSPS) is 12.5. The molecular formula is C20H21N3O5. The molecule has 0 saturated heterocycles. The molecule has 3 rings (SSSR count). The third kappa shape index (κ3) is 4.66. The van der Waals surface area contributed by atoms with Gasteiger partial charge in [0.05, 0.1) is 16.6 Å². The number of carbonyl (C=O) groups excluding carboxylic acids is 1. The van der Waals surface area contributed by atoms with E-state index in [9.17, 15) is 14.9 Å². The monoisotopic (exact) mass is 383 g/mol. The summed E-state index contributed by atoms with van der Waals surface area (Å²) in [6, 6.07) is 10.7. The summed E-state index contributed by atoms with van der Waals surface area (Å²) in [7, 11) is 3.97. The molecule has 1 heterocycles. The van der Waals surface area contributed by atoms with Crippen LogP contribution in [0.1, 0.15) is 16.7 Å². The number of carbonyl (C=O) groups is 1. The summed E-state index contributed by atoms with van der Waals surface area (Å²) < 4.78 is 10.4. The number of benzene rings is 2. The molecule has 28 heavy (non-hydrogen) atoms. The van der Waals surface area contributed by atoms with Crippen molar-refractivity contribution in [2.75, 3.05) is 20.9 Å². The molecule has 1 amide bonds. The lowest BCUT2D eigenvalue weighted by molar-refractivity contribution is -0.385. The number of nitro benzene ring substituents is 1. The van der Waals surface area contributed by atoms with Gasteiger partial charge in [-0.15, -0.1) is 0 Å². The van der Waals surface area contributed by atoms with E-state index in [2.05, 4.69) is 10.2 Å². The highest BCUT2D eigenvalue weighted by Gasteiger charge is 2.22. The standard InChI is InChI=1S/C20H21N3O5/c1-22(2)12-16-6-4-3-5-15(16)11-21-20(24)8-7-14-9-18-19(28-13-27-18)10-17(14)23(25)26/h3-10H,11-13H2,1-2H3,(H,21,24)/b8-7+. The molecule has 2 aromatic carbocycles. The van der Waals surface area contributed by atoms with Crippen molar-refractivity contribution in [3.05, 3.63) is 69.3 Å². The van der Waals surface area contributed by atoms with Gasteiger partial charge in [0.2, 0.25) is 12.7 Å². The molecule has 0 saturated carbocycles. The number of amides is 1.